The van der Waals surface area contributed by atoms with Crippen LogP contribution in [0.3, 0.4) is 0 Å². The molecule has 0 bridgehead atoms. The van der Waals surface area contributed by atoms with Gasteiger partial charge in [0.05, 0.1) is 6.42 Å². The molecule has 0 saturated carbocycles. The lowest BCUT2D eigenvalue weighted by Gasteiger charge is -2.24. The van der Waals surface area contributed by atoms with E-state index in [1.54, 1.807) is 13.8 Å². The second-order valence-corrected chi connectivity index (χ2v) is 3.63. The Morgan fingerprint density at radius 1 is 1.38 bits per heavy atom. The van der Waals surface area contributed by atoms with Crippen molar-refractivity contribution < 1.29 is 19.8 Å². The summed E-state index contributed by atoms with van der Waals surface area (Å²) < 4.78 is 0. The molecule has 0 aliphatic heterocycles. The Bertz CT molecular complexity index is 214. The third-order valence-corrected chi connectivity index (χ3v) is 1.67. The Hall–Kier alpha value is -1.10. The molecule has 0 saturated heterocycles. The molecule has 0 aromatic carbocycles. The normalized spacial score (nSPS) is 15.4. The van der Waals surface area contributed by atoms with Crippen molar-refractivity contribution >= 4 is 11.9 Å². The molecular weight excluding hydrogens is 174 g/mol. The van der Waals surface area contributed by atoms with Gasteiger partial charge in [-0.3, -0.25) is 9.59 Å². The van der Waals surface area contributed by atoms with Crippen LogP contribution in [0.1, 0.15) is 26.7 Å². The van der Waals surface area contributed by atoms with Crippen molar-refractivity contribution in [1.82, 2.24) is 0 Å². The average Bonchev–Trinajstić information content (AvgIpc) is 1.82. The molecule has 0 amide bonds. The van der Waals surface area contributed by atoms with Crippen molar-refractivity contribution in [2.24, 2.45) is 11.7 Å². The third-order valence-electron chi connectivity index (χ3n) is 1.67. The number of rotatable bonds is 5. The lowest BCUT2D eigenvalue weighted by atomic mass is 9.87. The summed E-state index contributed by atoms with van der Waals surface area (Å²) in [5.74, 6) is -2.39. The summed E-state index contributed by atoms with van der Waals surface area (Å²) in [6.07, 6.45) is -0.380. The minimum absolute atomic E-state index is 0.0560. The van der Waals surface area contributed by atoms with Crippen molar-refractivity contribution in [3.8, 4) is 0 Å². The third kappa shape index (κ3) is 3.89. The standard InChI is InChI=1S/C8H15NO4/c1-5(2)3-8(9,7(12)13)4-6(10)11/h5H,3-4,9H2,1-2H3,(H,10,11)(H,12,13)/t8-/m0/s1. The Morgan fingerprint density at radius 2 is 1.85 bits per heavy atom. The van der Waals surface area contributed by atoms with Crippen LogP contribution in [0.4, 0.5) is 0 Å². The molecule has 0 unspecified atom stereocenters. The van der Waals surface area contributed by atoms with Gasteiger partial charge >= 0.3 is 11.9 Å². The predicted molar refractivity (Wildman–Crippen MR) is 46.3 cm³/mol. The van der Waals surface area contributed by atoms with Gasteiger partial charge < -0.3 is 15.9 Å². The quantitative estimate of drug-likeness (QED) is 0.577. The largest absolute Gasteiger partial charge is 0.481 e. The molecule has 0 aromatic heterocycles. The summed E-state index contributed by atoms with van der Waals surface area (Å²) in [6, 6.07) is 0. The number of hydrogen-bond donors (Lipinski definition) is 3. The van der Waals surface area contributed by atoms with E-state index in [0.717, 1.165) is 0 Å². The molecule has 5 nitrogen and oxygen atoms in total. The first-order chi connectivity index (χ1) is 5.78. The fourth-order valence-corrected chi connectivity index (χ4v) is 1.23. The van der Waals surface area contributed by atoms with Gasteiger partial charge in [0.25, 0.3) is 0 Å². The van der Waals surface area contributed by atoms with Crippen LogP contribution in [0.25, 0.3) is 0 Å². The fraction of sp³-hybridized carbons (Fsp3) is 0.750. The van der Waals surface area contributed by atoms with Crippen LogP contribution in [-0.2, 0) is 9.59 Å². The highest BCUT2D eigenvalue weighted by atomic mass is 16.4. The predicted octanol–water partition coefficient (Wildman–Crippen LogP) is 0.289. The molecule has 0 rings (SSSR count). The minimum Gasteiger partial charge on any atom is -0.481 e. The lowest BCUT2D eigenvalue weighted by molar-refractivity contribution is -0.150. The average molecular weight is 189 g/mol. The van der Waals surface area contributed by atoms with Gasteiger partial charge in [-0.05, 0) is 12.3 Å². The first-order valence-electron chi connectivity index (χ1n) is 4.02. The Labute approximate surface area is 76.5 Å². The van der Waals surface area contributed by atoms with E-state index in [1.807, 2.05) is 0 Å². The van der Waals surface area contributed by atoms with Gasteiger partial charge in [-0.25, -0.2) is 0 Å². The molecule has 0 aliphatic rings. The van der Waals surface area contributed by atoms with Crippen LogP contribution in [0.15, 0.2) is 0 Å². The molecule has 0 heterocycles. The van der Waals surface area contributed by atoms with E-state index < -0.39 is 23.9 Å². The second kappa shape index (κ2) is 4.23. The van der Waals surface area contributed by atoms with E-state index in [4.69, 9.17) is 15.9 Å². The highest BCUT2D eigenvalue weighted by Crippen LogP contribution is 2.18. The van der Waals surface area contributed by atoms with E-state index >= 15 is 0 Å². The summed E-state index contributed by atoms with van der Waals surface area (Å²) in [5, 5.41) is 17.2. The highest BCUT2D eigenvalue weighted by Gasteiger charge is 2.36. The summed E-state index contributed by atoms with van der Waals surface area (Å²) in [5.41, 5.74) is 3.82. The first-order valence-corrected chi connectivity index (χ1v) is 4.02. The van der Waals surface area contributed by atoms with Gasteiger partial charge in [0, 0.05) is 0 Å². The summed E-state index contributed by atoms with van der Waals surface area (Å²) in [6.45, 7) is 3.60. The van der Waals surface area contributed by atoms with Crippen molar-refractivity contribution in [3.05, 3.63) is 0 Å². The molecule has 0 aromatic rings. The minimum atomic E-state index is -1.64. The number of nitrogens with two attached hydrogens (primary N) is 1. The number of aliphatic carboxylic acids is 2. The number of hydrogen-bond acceptors (Lipinski definition) is 3. The fourth-order valence-electron chi connectivity index (χ4n) is 1.23. The first kappa shape index (κ1) is 11.9. The van der Waals surface area contributed by atoms with E-state index in [0.29, 0.717) is 0 Å². The molecule has 0 spiro atoms. The monoisotopic (exact) mass is 189 g/mol. The van der Waals surface area contributed by atoms with Crippen molar-refractivity contribution in [3.63, 3.8) is 0 Å². The summed E-state index contributed by atoms with van der Waals surface area (Å²) in [4.78, 5) is 21.1. The lowest BCUT2D eigenvalue weighted by Crippen LogP contribution is -2.50. The van der Waals surface area contributed by atoms with Gasteiger partial charge in [0.2, 0.25) is 0 Å². The SMILES string of the molecule is CC(C)C[C@](N)(CC(=O)O)C(=O)O. The van der Waals surface area contributed by atoms with Crippen molar-refractivity contribution in [1.29, 1.82) is 0 Å². The van der Waals surface area contributed by atoms with E-state index in [1.165, 1.54) is 0 Å². The van der Waals surface area contributed by atoms with Crippen LogP contribution in [0.5, 0.6) is 0 Å². The van der Waals surface area contributed by atoms with Gasteiger partial charge in [-0.2, -0.15) is 0 Å². The zero-order valence-electron chi connectivity index (χ0n) is 7.78. The molecule has 0 radical (unpaired) electrons. The van der Waals surface area contributed by atoms with Crippen LogP contribution in [0.2, 0.25) is 0 Å². The molecule has 13 heavy (non-hydrogen) atoms. The number of carboxylic acid groups (broad SMARTS) is 2. The molecule has 1 atom stereocenters. The molecule has 4 N–H and O–H groups in total. The van der Waals surface area contributed by atoms with Crippen LogP contribution >= 0.6 is 0 Å². The maximum atomic E-state index is 10.7. The Morgan fingerprint density at radius 3 is 2.08 bits per heavy atom. The van der Waals surface area contributed by atoms with Crippen molar-refractivity contribution in [2.45, 2.75) is 32.2 Å². The van der Waals surface area contributed by atoms with E-state index in [9.17, 15) is 9.59 Å². The Kier molecular flexibility index (Phi) is 3.87. The van der Waals surface area contributed by atoms with Gasteiger partial charge in [-0.1, -0.05) is 13.8 Å². The maximum absolute atomic E-state index is 10.7. The van der Waals surface area contributed by atoms with E-state index in [-0.39, 0.29) is 12.3 Å². The van der Waals surface area contributed by atoms with Crippen LogP contribution < -0.4 is 5.73 Å². The molecule has 0 aliphatic carbocycles. The highest BCUT2D eigenvalue weighted by molar-refractivity contribution is 5.84. The number of carbonyl (C=O) groups is 2. The molecule has 76 valence electrons. The zero-order chi connectivity index (χ0) is 10.6. The number of carboxylic acids is 2. The summed E-state index contributed by atoms with van der Waals surface area (Å²) in [7, 11) is 0. The molecule has 5 heteroatoms. The van der Waals surface area contributed by atoms with Gasteiger partial charge in [0.15, 0.2) is 0 Å². The van der Waals surface area contributed by atoms with Gasteiger partial charge in [-0.15, -0.1) is 0 Å². The molecular formula is C8H15NO4. The zero-order valence-corrected chi connectivity index (χ0v) is 7.78. The maximum Gasteiger partial charge on any atom is 0.324 e. The van der Waals surface area contributed by atoms with Crippen molar-refractivity contribution in [2.75, 3.05) is 0 Å². The second-order valence-electron chi connectivity index (χ2n) is 3.63. The Balaban J connectivity index is 4.52. The summed E-state index contributed by atoms with van der Waals surface area (Å²) >= 11 is 0. The smallest absolute Gasteiger partial charge is 0.324 e. The van der Waals surface area contributed by atoms with Crippen LogP contribution in [0, 0.1) is 5.92 Å². The van der Waals surface area contributed by atoms with Crippen LogP contribution in [-0.4, -0.2) is 27.7 Å². The topological polar surface area (TPSA) is 101 Å². The van der Waals surface area contributed by atoms with E-state index in [2.05, 4.69) is 0 Å². The van der Waals surface area contributed by atoms with Gasteiger partial charge in [0.1, 0.15) is 5.54 Å². The molecule has 0 fully saturated rings.